The molecule has 0 atom stereocenters. The zero-order valence-electron chi connectivity index (χ0n) is 15.6. The van der Waals surface area contributed by atoms with Crippen molar-refractivity contribution in [2.24, 2.45) is 0 Å². The molecule has 4 N–H and O–H groups in total. The summed E-state index contributed by atoms with van der Waals surface area (Å²) in [5, 5.41) is 11.0. The summed E-state index contributed by atoms with van der Waals surface area (Å²) in [5.41, 5.74) is 6.46. The molecule has 0 spiro atoms. The van der Waals surface area contributed by atoms with Gasteiger partial charge in [-0.1, -0.05) is 0 Å². The second-order valence-corrected chi connectivity index (χ2v) is 6.58. The zero-order chi connectivity index (χ0) is 21.6. The smallest absolute Gasteiger partial charge is 0.371 e. The number of aromatic nitrogens is 1. The first-order valence-corrected chi connectivity index (χ1v) is 8.73. The molecule has 3 heterocycles. The summed E-state index contributed by atoms with van der Waals surface area (Å²) in [5.74, 6) is -2.01. The van der Waals surface area contributed by atoms with Crippen LogP contribution in [0.15, 0.2) is 45.6 Å². The van der Waals surface area contributed by atoms with E-state index in [0.717, 1.165) is 10.6 Å². The summed E-state index contributed by atoms with van der Waals surface area (Å²) in [6.45, 7) is 1.73. The van der Waals surface area contributed by atoms with E-state index in [0.29, 0.717) is 22.8 Å². The molecular formula is C20H15N3O7. The van der Waals surface area contributed by atoms with Gasteiger partial charge in [0.25, 0.3) is 17.4 Å². The Morgan fingerprint density at radius 1 is 1.17 bits per heavy atom. The molecule has 30 heavy (non-hydrogen) atoms. The summed E-state index contributed by atoms with van der Waals surface area (Å²) in [6, 6.07) is 8.75. The molecule has 4 rings (SSSR count). The number of carbonyl (C=O) groups excluding carboxylic acids is 2. The van der Waals surface area contributed by atoms with Crippen molar-refractivity contribution >= 4 is 23.6 Å². The number of nitrogens with one attached hydrogen (secondary N) is 1. The maximum absolute atomic E-state index is 12.6. The molecule has 0 saturated carbocycles. The van der Waals surface area contributed by atoms with Crippen molar-refractivity contribution in [3.05, 3.63) is 75.0 Å². The van der Waals surface area contributed by atoms with E-state index in [1.807, 2.05) is 0 Å². The number of rotatable bonds is 5. The average molecular weight is 409 g/mol. The third kappa shape index (κ3) is 3.09. The van der Waals surface area contributed by atoms with Crippen LogP contribution in [0.2, 0.25) is 0 Å². The van der Waals surface area contributed by atoms with E-state index in [1.165, 1.54) is 12.1 Å². The lowest BCUT2D eigenvalue weighted by atomic mass is 10.1. The Bertz CT molecular complexity index is 1290. The van der Waals surface area contributed by atoms with Crippen LogP contribution < -0.4 is 21.3 Å². The number of hydrogen-bond donors (Lipinski definition) is 3. The molecular weight excluding hydrogens is 394 g/mol. The van der Waals surface area contributed by atoms with Crippen LogP contribution in [0.5, 0.6) is 5.75 Å². The predicted molar refractivity (Wildman–Crippen MR) is 103 cm³/mol. The molecule has 0 saturated heterocycles. The number of imide groups is 1. The first-order valence-electron chi connectivity index (χ1n) is 8.73. The summed E-state index contributed by atoms with van der Waals surface area (Å²) in [6.07, 6.45) is 0. The van der Waals surface area contributed by atoms with E-state index in [-0.39, 0.29) is 29.3 Å². The summed E-state index contributed by atoms with van der Waals surface area (Å²) in [7, 11) is 0. The number of anilines is 1. The Kier molecular flexibility index (Phi) is 4.38. The number of carboxylic acid groups (broad SMARTS) is 1. The van der Waals surface area contributed by atoms with Crippen molar-refractivity contribution in [3.8, 4) is 11.4 Å². The molecule has 10 heteroatoms. The van der Waals surface area contributed by atoms with Crippen molar-refractivity contribution in [1.29, 1.82) is 0 Å². The number of nitrogens with zero attached hydrogens (tertiary/aromatic N) is 1. The van der Waals surface area contributed by atoms with Gasteiger partial charge in [0.05, 0.1) is 16.8 Å². The van der Waals surface area contributed by atoms with Gasteiger partial charge in [-0.05, 0) is 42.8 Å². The number of hydrogen-bond acceptors (Lipinski definition) is 7. The Labute approximate surface area is 168 Å². The van der Waals surface area contributed by atoms with Crippen molar-refractivity contribution in [2.45, 2.75) is 13.5 Å². The Hall–Kier alpha value is -4.34. The number of carboxylic acids is 1. The highest BCUT2D eigenvalue weighted by atomic mass is 16.5. The van der Waals surface area contributed by atoms with E-state index in [2.05, 4.69) is 5.32 Å². The zero-order valence-corrected chi connectivity index (χ0v) is 15.6. The van der Waals surface area contributed by atoms with Gasteiger partial charge in [0, 0.05) is 6.07 Å². The molecule has 1 aliphatic rings. The van der Waals surface area contributed by atoms with E-state index in [4.69, 9.17) is 20.0 Å². The number of ether oxygens (including phenoxy) is 1. The van der Waals surface area contributed by atoms with Gasteiger partial charge in [-0.3, -0.25) is 24.3 Å². The van der Waals surface area contributed by atoms with Crippen LogP contribution in [-0.4, -0.2) is 27.5 Å². The molecule has 10 nitrogen and oxygen atoms in total. The van der Waals surface area contributed by atoms with Gasteiger partial charge in [0.1, 0.15) is 23.9 Å². The van der Waals surface area contributed by atoms with Gasteiger partial charge in [0.15, 0.2) is 0 Å². The Morgan fingerprint density at radius 3 is 2.60 bits per heavy atom. The van der Waals surface area contributed by atoms with Gasteiger partial charge in [-0.25, -0.2) is 4.79 Å². The second-order valence-electron chi connectivity index (χ2n) is 6.58. The minimum absolute atomic E-state index is 0.00921. The largest absolute Gasteiger partial charge is 0.486 e. The number of fused-ring (bicyclic) bond motifs is 1. The number of amides is 2. The van der Waals surface area contributed by atoms with Crippen LogP contribution in [0.4, 0.5) is 5.82 Å². The first-order chi connectivity index (χ1) is 14.3. The fourth-order valence-corrected chi connectivity index (χ4v) is 3.22. The van der Waals surface area contributed by atoms with Crippen molar-refractivity contribution < 1.29 is 28.6 Å². The highest BCUT2D eigenvalue weighted by Gasteiger charge is 2.32. The number of nitrogens with two attached hydrogens (primary N) is 1. The SMILES string of the molecule is Cc1cc(OCc2ccc(C(=O)O)o2)ccc1-n1c(N)c2c(cc1=O)C(=O)NC2=O. The number of furan rings is 1. The lowest BCUT2D eigenvalue weighted by molar-refractivity contribution is 0.0657. The standard InChI is InChI=1S/C20H15N3O7/c1-9-6-10(29-8-11-3-5-14(30-11)20(27)28)2-4-13(9)23-15(24)7-12-16(17(23)21)19(26)22-18(12)25/h2-7H,8,21H2,1H3,(H,27,28)(H,22,25,26). The van der Waals surface area contributed by atoms with Crippen molar-refractivity contribution in [2.75, 3.05) is 5.73 Å². The fraction of sp³-hybridized carbons (Fsp3) is 0.100. The molecule has 152 valence electrons. The highest BCUT2D eigenvalue weighted by Crippen LogP contribution is 2.26. The van der Waals surface area contributed by atoms with Crippen LogP contribution >= 0.6 is 0 Å². The van der Waals surface area contributed by atoms with Gasteiger partial charge >= 0.3 is 5.97 Å². The topological polar surface area (TPSA) is 154 Å². The minimum atomic E-state index is -1.17. The molecule has 2 aromatic heterocycles. The molecule has 1 aromatic carbocycles. The highest BCUT2D eigenvalue weighted by molar-refractivity contribution is 6.23. The third-order valence-electron chi connectivity index (χ3n) is 4.62. The molecule has 2 amide bonds. The molecule has 0 fully saturated rings. The van der Waals surface area contributed by atoms with E-state index in [1.54, 1.807) is 25.1 Å². The van der Waals surface area contributed by atoms with Gasteiger partial charge in [-0.2, -0.15) is 0 Å². The van der Waals surface area contributed by atoms with E-state index >= 15 is 0 Å². The number of pyridine rings is 1. The number of benzene rings is 1. The van der Waals surface area contributed by atoms with Crippen molar-refractivity contribution in [3.63, 3.8) is 0 Å². The lowest BCUT2D eigenvalue weighted by Gasteiger charge is -2.15. The van der Waals surface area contributed by atoms with Gasteiger partial charge in [0.2, 0.25) is 5.76 Å². The monoisotopic (exact) mass is 409 g/mol. The summed E-state index contributed by atoms with van der Waals surface area (Å²) >= 11 is 0. The van der Waals surface area contributed by atoms with Crippen LogP contribution in [0.1, 0.15) is 42.6 Å². The maximum Gasteiger partial charge on any atom is 0.371 e. The van der Waals surface area contributed by atoms with Crippen LogP contribution in [0, 0.1) is 6.92 Å². The van der Waals surface area contributed by atoms with E-state index in [9.17, 15) is 19.2 Å². The lowest BCUT2D eigenvalue weighted by Crippen LogP contribution is -2.24. The second kappa shape index (κ2) is 6.92. The van der Waals surface area contributed by atoms with Crippen LogP contribution in [-0.2, 0) is 6.61 Å². The molecule has 0 aliphatic carbocycles. The molecule has 0 bridgehead atoms. The summed E-state index contributed by atoms with van der Waals surface area (Å²) < 4.78 is 11.9. The van der Waals surface area contributed by atoms with Crippen LogP contribution in [0.3, 0.4) is 0 Å². The fourth-order valence-electron chi connectivity index (χ4n) is 3.22. The van der Waals surface area contributed by atoms with Gasteiger partial charge < -0.3 is 20.0 Å². The number of aromatic carboxylic acids is 1. The van der Waals surface area contributed by atoms with Crippen LogP contribution in [0.25, 0.3) is 5.69 Å². The number of carbonyl (C=O) groups is 3. The Morgan fingerprint density at radius 2 is 1.93 bits per heavy atom. The quantitative estimate of drug-likeness (QED) is 0.536. The first kappa shape index (κ1) is 19.0. The van der Waals surface area contributed by atoms with Gasteiger partial charge in [-0.15, -0.1) is 0 Å². The Balaban J connectivity index is 1.63. The summed E-state index contributed by atoms with van der Waals surface area (Å²) in [4.78, 5) is 47.2. The molecule has 3 aromatic rings. The maximum atomic E-state index is 12.6. The predicted octanol–water partition coefficient (Wildman–Crippen LogP) is 1.48. The minimum Gasteiger partial charge on any atom is -0.486 e. The molecule has 1 aliphatic heterocycles. The normalized spacial score (nSPS) is 12.6. The van der Waals surface area contributed by atoms with Crippen molar-refractivity contribution in [1.82, 2.24) is 9.88 Å². The third-order valence-corrected chi connectivity index (χ3v) is 4.62. The molecule has 0 unspecified atom stereocenters. The average Bonchev–Trinajstić information content (AvgIpc) is 3.26. The number of aryl methyl sites for hydroxylation is 1. The van der Waals surface area contributed by atoms with E-state index < -0.39 is 23.3 Å². The number of nitrogen functional groups attached to an aromatic ring is 1. The molecule has 0 radical (unpaired) electrons.